The molecule has 0 aromatic rings. The Kier molecular flexibility index (Phi) is 5.46. The third kappa shape index (κ3) is 3.94. The second kappa shape index (κ2) is 6.88. The van der Waals surface area contributed by atoms with Crippen LogP contribution >= 0.6 is 0 Å². The van der Waals surface area contributed by atoms with Gasteiger partial charge in [-0.1, -0.05) is 19.3 Å². The molecular weight excluding hydrogens is 224 g/mol. The zero-order valence-corrected chi connectivity index (χ0v) is 12.0. The second-order valence-corrected chi connectivity index (χ2v) is 6.41. The molecule has 0 spiro atoms. The first kappa shape index (κ1) is 14.3. The molecule has 2 fully saturated rings. The number of hydrogen-bond acceptors (Lipinski definition) is 3. The molecular formula is C15H30N2O. The van der Waals surface area contributed by atoms with Crippen LogP contribution in [0.1, 0.15) is 51.4 Å². The molecule has 1 aliphatic heterocycles. The van der Waals surface area contributed by atoms with E-state index >= 15 is 0 Å². The third-order valence-electron chi connectivity index (χ3n) is 4.91. The van der Waals surface area contributed by atoms with Crippen molar-refractivity contribution < 1.29 is 4.74 Å². The fraction of sp³-hybridized carbons (Fsp3) is 1.00. The van der Waals surface area contributed by atoms with Crippen LogP contribution in [-0.2, 0) is 4.74 Å². The molecule has 2 rings (SSSR count). The summed E-state index contributed by atoms with van der Waals surface area (Å²) in [6.07, 6.45) is 11.1. The van der Waals surface area contributed by atoms with Gasteiger partial charge in [0.15, 0.2) is 0 Å². The summed E-state index contributed by atoms with van der Waals surface area (Å²) in [5, 5.41) is 0. The van der Waals surface area contributed by atoms with Gasteiger partial charge < -0.3 is 15.4 Å². The first-order valence-electron chi connectivity index (χ1n) is 7.74. The molecule has 0 radical (unpaired) electrons. The summed E-state index contributed by atoms with van der Waals surface area (Å²) in [5.41, 5.74) is 6.49. The molecule has 1 aliphatic carbocycles. The SMILES string of the molecule is CN(CCC1(CN)CCCCC1)CC1CCCO1. The standard InChI is InChI=1S/C15H30N2O/c1-17(12-14-6-5-11-18-14)10-9-15(13-16)7-3-2-4-8-15/h14H,2-13,16H2,1H3. The molecule has 2 N–H and O–H groups in total. The van der Waals surface area contributed by atoms with Crippen molar-refractivity contribution in [3.63, 3.8) is 0 Å². The Balaban J connectivity index is 1.71. The predicted molar refractivity (Wildman–Crippen MR) is 75.7 cm³/mol. The van der Waals surface area contributed by atoms with Crippen molar-refractivity contribution in [1.29, 1.82) is 0 Å². The molecule has 106 valence electrons. The summed E-state index contributed by atoms with van der Waals surface area (Å²) in [4.78, 5) is 2.45. The van der Waals surface area contributed by atoms with Gasteiger partial charge in [0.25, 0.3) is 0 Å². The molecule has 0 bridgehead atoms. The minimum atomic E-state index is 0.447. The van der Waals surface area contributed by atoms with E-state index in [1.54, 1.807) is 0 Å². The maximum absolute atomic E-state index is 6.04. The van der Waals surface area contributed by atoms with E-state index in [1.165, 1.54) is 57.9 Å². The molecule has 2 aliphatic rings. The Morgan fingerprint density at radius 2 is 2.00 bits per heavy atom. The van der Waals surface area contributed by atoms with Gasteiger partial charge in [-0.2, -0.15) is 0 Å². The molecule has 3 nitrogen and oxygen atoms in total. The number of ether oxygens (including phenoxy) is 1. The number of nitrogens with zero attached hydrogens (tertiary/aromatic N) is 1. The van der Waals surface area contributed by atoms with Crippen molar-refractivity contribution in [3.8, 4) is 0 Å². The van der Waals surface area contributed by atoms with Gasteiger partial charge >= 0.3 is 0 Å². The number of hydrogen-bond donors (Lipinski definition) is 1. The van der Waals surface area contributed by atoms with Gasteiger partial charge in [0.05, 0.1) is 6.10 Å². The van der Waals surface area contributed by atoms with E-state index in [1.807, 2.05) is 0 Å². The van der Waals surface area contributed by atoms with Gasteiger partial charge in [-0.25, -0.2) is 0 Å². The van der Waals surface area contributed by atoms with Crippen LogP contribution in [0.3, 0.4) is 0 Å². The normalized spacial score (nSPS) is 27.8. The Labute approximate surface area is 112 Å². The van der Waals surface area contributed by atoms with Crippen LogP contribution in [0.2, 0.25) is 0 Å². The molecule has 1 saturated heterocycles. The third-order valence-corrected chi connectivity index (χ3v) is 4.91. The fourth-order valence-corrected chi connectivity index (χ4v) is 3.51. The van der Waals surface area contributed by atoms with Gasteiger partial charge in [0.1, 0.15) is 0 Å². The highest BCUT2D eigenvalue weighted by Crippen LogP contribution is 2.38. The monoisotopic (exact) mass is 254 g/mol. The minimum absolute atomic E-state index is 0.447. The summed E-state index contributed by atoms with van der Waals surface area (Å²) >= 11 is 0. The molecule has 0 aromatic heterocycles. The van der Waals surface area contributed by atoms with Gasteiger partial charge in [0, 0.05) is 13.2 Å². The van der Waals surface area contributed by atoms with Crippen LogP contribution < -0.4 is 5.73 Å². The zero-order valence-electron chi connectivity index (χ0n) is 12.0. The van der Waals surface area contributed by atoms with Gasteiger partial charge in [0.2, 0.25) is 0 Å². The van der Waals surface area contributed by atoms with E-state index in [2.05, 4.69) is 11.9 Å². The van der Waals surface area contributed by atoms with Crippen molar-refractivity contribution in [3.05, 3.63) is 0 Å². The van der Waals surface area contributed by atoms with Crippen LogP contribution in [0.25, 0.3) is 0 Å². The van der Waals surface area contributed by atoms with Crippen LogP contribution in [-0.4, -0.2) is 44.3 Å². The Bertz CT molecular complexity index is 233. The average molecular weight is 254 g/mol. The van der Waals surface area contributed by atoms with E-state index in [9.17, 15) is 0 Å². The van der Waals surface area contributed by atoms with Crippen LogP contribution in [0.5, 0.6) is 0 Å². The van der Waals surface area contributed by atoms with E-state index in [0.29, 0.717) is 11.5 Å². The summed E-state index contributed by atoms with van der Waals surface area (Å²) in [6.45, 7) is 4.11. The first-order chi connectivity index (χ1) is 8.74. The summed E-state index contributed by atoms with van der Waals surface area (Å²) < 4.78 is 5.70. The lowest BCUT2D eigenvalue weighted by Crippen LogP contribution is -2.38. The molecule has 1 heterocycles. The van der Waals surface area contributed by atoms with Gasteiger partial charge in [-0.15, -0.1) is 0 Å². The Hall–Kier alpha value is -0.120. The lowest BCUT2D eigenvalue weighted by molar-refractivity contribution is 0.0730. The smallest absolute Gasteiger partial charge is 0.0702 e. The highest BCUT2D eigenvalue weighted by molar-refractivity contribution is 4.84. The number of rotatable bonds is 6. The van der Waals surface area contributed by atoms with Crippen LogP contribution in [0.15, 0.2) is 0 Å². The molecule has 18 heavy (non-hydrogen) atoms. The molecule has 1 unspecified atom stereocenters. The van der Waals surface area contributed by atoms with Crippen molar-refractivity contribution in [1.82, 2.24) is 4.90 Å². The van der Waals surface area contributed by atoms with E-state index in [0.717, 1.165) is 19.7 Å². The Morgan fingerprint density at radius 3 is 2.61 bits per heavy atom. The molecule has 1 saturated carbocycles. The average Bonchev–Trinajstić information content (AvgIpc) is 2.90. The lowest BCUT2D eigenvalue weighted by atomic mass is 9.72. The summed E-state index contributed by atoms with van der Waals surface area (Å²) in [5.74, 6) is 0. The van der Waals surface area contributed by atoms with Crippen molar-refractivity contribution in [2.24, 2.45) is 11.1 Å². The van der Waals surface area contributed by atoms with Crippen LogP contribution in [0, 0.1) is 5.41 Å². The number of nitrogens with two attached hydrogens (primary N) is 1. The van der Waals surface area contributed by atoms with E-state index in [4.69, 9.17) is 10.5 Å². The highest BCUT2D eigenvalue weighted by Gasteiger charge is 2.30. The van der Waals surface area contributed by atoms with E-state index in [-0.39, 0.29) is 0 Å². The van der Waals surface area contributed by atoms with Gasteiger partial charge in [-0.05, 0) is 57.7 Å². The molecule has 1 atom stereocenters. The van der Waals surface area contributed by atoms with Crippen molar-refractivity contribution in [2.75, 3.05) is 33.3 Å². The zero-order chi connectivity index (χ0) is 12.8. The summed E-state index contributed by atoms with van der Waals surface area (Å²) in [7, 11) is 2.23. The largest absolute Gasteiger partial charge is 0.377 e. The second-order valence-electron chi connectivity index (χ2n) is 6.41. The maximum atomic E-state index is 6.04. The first-order valence-corrected chi connectivity index (χ1v) is 7.74. The highest BCUT2D eigenvalue weighted by atomic mass is 16.5. The van der Waals surface area contributed by atoms with Crippen molar-refractivity contribution in [2.45, 2.75) is 57.5 Å². The minimum Gasteiger partial charge on any atom is -0.377 e. The molecule has 0 aromatic carbocycles. The molecule has 3 heteroatoms. The lowest BCUT2D eigenvalue weighted by Gasteiger charge is -2.37. The maximum Gasteiger partial charge on any atom is 0.0702 e. The summed E-state index contributed by atoms with van der Waals surface area (Å²) in [6, 6.07) is 0. The van der Waals surface area contributed by atoms with E-state index < -0.39 is 0 Å². The van der Waals surface area contributed by atoms with Gasteiger partial charge in [-0.3, -0.25) is 0 Å². The quantitative estimate of drug-likeness (QED) is 0.791. The Morgan fingerprint density at radius 1 is 1.22 bits per heavy atom. The van der Waals surface area contributed by atoms with Crippen molar-refractivity contribution >= 4 is 0 Å². The molecule has 0 amide bonds. The van der Waals surface area contributed by atoms with Crippen LogP contribution in [0.4, 0.5) is 0 Å². The fourth-order valence-electron chi connectivity index (χ4n) is 3.51. The topological polar surface area (TPSA) is 38.5 Å². The predicted octanol–water partition coefficient (Wildman–Crippen LogP) is 2.40. The number of likely N-dealkylation sites (N-methyl/N-ethyl adjacent to an activating group) is 1.